The maximum absolute atomic E-state index is 14.7. The molecule has 264 valence electrons. The summed E-state index contributed by atoms with van der Waals surface area (Å²) in [5, 5.41) is 3.19. The van der Waals surface area contributed by atoms with Gasteiger partial charge in [-0.25, -0.2) is 12.8 Å². The van der Waals surface area contributed by atoms with Crippen LogP contribution >= 0.6 is 0 Å². The Balaban J connectivity index is 1.59. The second-order valence-corrected chi connectivity index (χ2v) is 14.4. The molecule has 0 unspecified atom stereocenters. The number of nitrogens with zero attached hydrogens (tertiary/aromatic N) is 2. The molecule has 0 radical (unpaired) electrons. The first-order chi connectivity index (χ1) is 24.1. The highest BCUT2D eigenvalue weighted by atomic mass is 32.2. The third-order valence-corrected chi connectivity index (χ3v) is 10.8. The number of hydrogen-bond acceptors (Lipinski definition) is 6. The summed E-state index contributed by atoms with van der Waals surface area (Å²) in [5.74, 6) is -0.713. The van der Waals surface area contributed by atoms with E-state index in [0.717, 1.165) is 47.5 Å². The van der Waals surface area contributed by atoms with Gasteiger partial charge in [0.05, 0.1) is 24.8 Å². The highest BCUT2D eigenvalue weighted by molar-refractivity contribution is 7.92. The Bertz CT molecular complexity index is 1850. The Morgan fingerprint density at radius 1 is 0.840 bits per heavy atom. The molecule has 0 heterocycles. The number of carbonyl (C=O) groups is 2. The summed E-state index contributed by atoms with van der Waals surface area (Å²) in [6.07, 6.45) is 4.99. The number of anilines is 1. The number of hydrogen-bond donors (Lipinski definition) is 1. The van der Waals surface area contributed by atoms with E-state index in [1.54, 1.807) is 36.4 Å². The molecule has 0 bridgehead atoms. The predicted octanol–water partition coefficient (Wildman–Crippen LogP) is 6.44. The van der Waals surface area contributed by atoms with Crippen molar-refractivity contribution in [2.75, 3.05) is 25.1 Å². The number of aryl methyl sites for hydroxylation is 1. The Kier molecular flexibility index (Phi) is 12.1. The van der Waals surface area contributed by atoms with Crippen LogP contribution in [0.3, 0.4) is 0 Å². The van der Waals surface area contributed by atoms with Gasteiger partial charge >= 0.3 is 0 Å². The molecule has 1 aliphatic rings. The number of benzene rings is 4. The molecule has 9 nitrogen and oxygen atoms in total. The van der Waals surface area contributed by atoms with Crippen LogP contribution in [-0.2, 0) is 32.6 Å². The minimum Gasteiger partial charge on any atom is -0.493 e. The van der Waals surface area contributed by atoms with Gasteiger partial charge in [0.25, 0.3) is 10.0 Å². The summed E-state index contributed by atoms with van der Waals surface area (Å²) in [4.78, 5) is 30.4. The fourth-order valence-electron chi connectivity index (χ4n) is 6.23. The van der Waals surface area contributed by atoms with E-state index in [0.29, 0.717) is 11.3 Å². The molecular formula is C39H44FN3O6S. The van der Waals surface area contributed by atoms with Crippen LogP contribution in [0.4, 0.5) is 10.1 Å². The van der Waals surface area contributed by atoms with Crippen molar-refractivity contribution in [3.05, 3.63) is 120 Å². The molecule has 0 spiro atoms. The van der Waals surface area contributed by atoms with Crippen LogP contribution in [0.1, 0.15) is 48.8 Å². The molecular weight excluding hydrogens is 658 g/mol. The van der Waals surface area contributed by atoms with E-state index in [9.17, 15) is 22.4 Å². The number of carbonyl (C=O) groups excluding carboxylic acids is 2. The fourth-order valence-corrected chi connectivity index (χ4v) is 7.64. The molecule has 0 aliphatic heterocycles. The van der Waals surface area contributed by atoms with E-state index in [4.69, 9.17) is 9.47 Å². The van der Waals surface area contributed by atoms with Crippen molar-refractivity contribution in [1.82, 2.24) is 10.2 Å². The Morgan fingerprint density at radius 2 is 1.50 bits per heavy atom. The molecule has 1 atom stereocenters. The lowest BCUT2D eigenvalue weighted by Gasteiger charge is -2.35. The number of nitrogens with one attached hydrogen (secondary N) is 1. The van der Waals surface area contributed by atoms with Gasteiger partial charge in [-0.3, -0.25) is 13.9 Å². The molecule has 1 saturated carbocycles. The highest BCUT2D eigenvalue weighted by Crippen LogP contribution is 2.34. The van der Waals surface area contributed by atoms with Crippen molar-refractivity contribution in [3.63, 3.8) is 0 Å². The van der Waals surface area contributed by atoms with E-state index in [1.807, 2.05) is 37.3 Å². The van der Waals surface area contributed by atoms with Crippen molar-refractivity contribution >= 4 is 27.5 Å². The van der Waals surface area contributed by atoms with Crippen molar-refractivity contribution in [2.45, 2.75) is 69.0 Å². The van der Waals surface area contributed by atoms with Crippen LogP contribution in [0.2, 0.25) is 0 Å². The molecule has 0 aromatic heterocycles. The second kappa shape index (κ2) is 16.7. The maximum Gasteiger partial charge on any atom is 0.264 e. The SMILES string of the molecule is COc1ccc(N(CC(=O)N(Cc2ccc(F)cc2)[C@@H](Cc2ccccc2)C(=O)NC2CCCCC2)S(=O)(=O)c2ccc(C)cc2)cc1OC. The van der Waals surface area contributed by atoms with E-state index in [-0.39, 0.29) is 41.2 Å². The summed E-state index contributed by atoms with van der Waals surface area (Å²) in [6.45, 7) is 1.17. The minimum atomic E-state index is -4.31. The molecule has 1 N–H and O–H groups in total. The van der Waals surface area contributed by atoms with Crippen molar-refractivity contribution in [3.8, 4) is 11.5 Å². The third kappa shape index (κ3) is 9.01. The first-order valence-electron chi connectivity index (χ1n) is 16.8. The van der Waals surface area contributed by atoms with Crippen molar-refractivity contribution in [2.24, 2.45) is 0 Å². The molecule has 5 rings (SSSR count). The molecule has 50 heavy (non-hydrogen) atoms. The summed E-state index contributed by atoms with van der Waals surface area (Å²) >= 11 is 0. The van der Waals surface area contributed by atoms with E-state index in [1.165, 1.54) is 49.5 Å². The molecule has 1 fully saturated rings. The summed E-state index contributed by atoms with van der Waals surface area (Å²) in [7, 11) is -1.40. The van der Waals surface area contributed by atoms with Gasteiger partial charge in [-0.1, -0.05) is 79.4 Å². The lowest BCUT2D eigenvalue weighted by molar-refractivity contribution is -0.140. The molecule has 2 amide bonds. The van der Waals surface area contributed by atoms with Crippen molar-refractivity contribution < 1.29 is 31.9 Å². The quantitative estimate of drug-likeness (QED) is 0.162. The maximum atomic E-state index is 14.7. The molecule has 1 aliphatic carbocycles. The predicted molar refractivity (Wildman–Crippen MR) is 191 cm³/mol. The number of sulfonamides is 1. The van der Waals surface area contributed by atoms with E-state index in [2.05, 4.69) is 5.32 Å². The smallest absolute Gasteiger partial charge is 0.264 e. The molecule has 4 aromatic rings. The standard InChI is InChI=1S/C39H44FN3O6S/c1-28-14-21-34(22-15-28)50(46,47)43(33-20-23-36(48-2)37(25-33)49-3)27-38(44)42(26-30-16-18-31(40)19-17-30)35(24-29-10-6-4-7-11-29)39(45)41-32-12-8-5-9-13-32/h4,6-7,10-11,14-23,25,32,35H,5,8-9,12-13,24,26-27H2,1-3H3,(H,41,45)/t35-/m0/s1. The van der Waals surface area contributed by atoms with E-state index >= 15 is 0 Å². The van der Waals surface area contributed by atoms with Crippen LogP contribution in [0.25, 0.3) is 0 Å². The first-order valence-corrected chi connectivity index (χ1v) is 18.2. The third-order valence-electron chi connectivity index (χ3n) is 9.03. The lowest BCUT2D eigenvalue weighted by Crippen LogP contribution is -2.55. The van der Waals surface area contributed by atoms with Gasteiger partial charge in [-0.05, 0) is 67.3 Å². The fraction of sp³-hybridized carbons (Fsp3) is 0.333. The Labute approximate surface area is 294 Å². The van der Waals surface area contributed by atoms with Gasteiger partial charge in [-0.15, -0.1) is 0 Å². The summed E-state index contributed by atoms with van der Waals surface area (Å²) < 4.78 is 54.6. The summed E-state index contributed by atoms with van der Waals surface area (Å²) in [5.41, 5.74) is 2.46. The molecule has 0 saturated heterocycles. The number of amides is 2. The first kappa shape index (κ1) is 36.4. The zero-order valence-electron chi connectivity index (χ0n) is 28.7. The largest absolute Gasteiger partial charge is 0.493 e. The zero-order chi connectivity index (χ0) is 35.7. The van der Waals surface area contributed by atoms with Crippen LogP contribution < -0.4 is 19.1 Å². The summed E-state index contributed by atoms with van der Waals surface area (Å²) in [6, 6.07) is 25.1. The van der Waals surface area contributed by atoms with Crippen molar-refractivity contribution in [1.29, 1.82) is 0 Å². The van der Waals surface area contributed by atoms with Gasteiger partial charge in [0.2, 0.25) is 11.8 Å². The Hall–Kier alpha value is -4.90. The lowest BCUT2D eigenvalue weighted by atomic mass is 9.94. The average molecular weight is 702 g/mol. The molecule has 11 heteroatoms. The number of halogens is 1. The topological polar surface area (TPSA) is 105 Å². The second-order valence-electron chi connectivity index (χ2n) is 12.6. The van der Waals surface area contributed by atoms with Crippen LogP contribution in [-0.4, -0.2) is 58.0 Å². The number of ether oxygens (including phenoxy) is 2. The number of rotatable bonds is 14. The zero-order valence-corrected chi connectivity index (χ0v) is 29.5. The highest BCUT2D eigenvalue weighted by Gasteiger charge is 2.35. The van der Waals surface area contributed by atoms with Gasteiger partial charge in [-0.2, -0.15) is 0 Å². The van der Waals surface area contributed by atoms with Gasteiger partial charge in [0.1, 0.15) is 18.4 Å². The van der Waals surface area contributed by atoms with Gasteiger partial charge in [0.15, 0.2) is 11.5 Å². The van der Waals surface area contributed by atoms with E-state index < -0.39 is 34.3 Å². The normalized spacial score (nSPS) is 14.0. The minimum absolute atomic E-state index is 0.00773. The van der Waals surface area contributed by atoms with Crippen LogP contribution in [0.5, 0.6) is 11.5 Å². The molecule has 4 aromatic carbocycles. The van der Waals surface area contributed by atoms with Gasteiger partial charge in [0, 0.05) is 25.1 Å². The average Bonchev–Trinajstić information content (AvgIpc) is 3.13. The van der Waals surface area contributed by atoms with Gasteiger partial charge < -0.3 is 19.7 Å². The monoisotopic (exact) mass is 701 g/mol. The van der Waals surface area contributed by atoms with Crippen LogP contribution in [0, 0.1) is 12.7 Å². The Morgan fingerprint density at radius 3 is 2.14 bits per heavy atom. The number of methoxy groups -OCH3 is 2. The van der Waals surface area contributed by atoms with Crippen LogP contribution in [0.15, 0.2) is 102 Å².